The Labute approximate surface area is 137 Å². The van der Waals surface area contributed by atoms with Gasteiger partial charge < -0.3 is 9.64 Å². The Morgan fingerprint density at radius 1 is 1.14 bits per heavy atom. The quantitative estimate of drug-likeness (QED) is 0.804. The van der Waals surface area contributed by atoms with E-state index >= 15 is 0 Å². The molecule has 0 amide bonds. The van der Waals surface area contributed by atoms with Gasteiger partial charge in [-0.3, -0.25) is 4.90 Å². The minimum Gasteiger partial charge on any atom is -0.480 e. The van der Waals surface area contributed by atoms with Crippen molar-refractivity contribution in [1.29, 1.82) is 0 Å². The van der Waals surface area contributed by atoms with Crippen molar-refractivity contribution in [2.75, 3.05) is 38.2 Å². The third-order valence-electron chi connectivity index (χ3n) is 3.56. The van der Waals surface area contributed by atoms with E-state index in [-0.39, 0.29) is 5.54 Å². The molecule has 1 aliphatic rings. The maximum absolute atomic E-state index is 5.36. The summed E-state index contributed by atoms with van der Waals surface area (Å²) < 4.78 is 6.35. The summed E-state index contributed by atoms with van der Waals surface area (Å²) in [4.78, 5) is 9.18. The Morgan fingerprint density at radius 2 is 1.71 bits per heavy atom. The molecular formula is C16H28BrN3O. The number of nitrogens with zero attached hydrogens (tertiary/aromatic N) is 3. The highest BCUT2D eigenvalue weighted by Crippen LogP contribution is 2.30. The molecule has 21 heavy (non-hydrogen) atoms. The van der Waals surface area contributed by atoms with Crippen LogP contribution in [-0.2, 0) is 0 Å². The normalized spacial score (nSPS) is 16.2. The molecule has 0 aliphatic carbocycles. The van der Waals surface area contributed by atoms with Crippen molar-refractivity contribution in [3.8, 4) is 5.88 Å². The van der Waals surface area contributed by atoms with Crippen LogP contribution in [0.4, 0.5) is 5.69 Å². The van der Waals surface area contributed by atoms with Gasteiger partial charge in [-0.15, -0.1) is 0 Å². The summed E-state index contributed by atoms with van der Waals surface area (Å²) in [5, 5.41) is 0. The predicted molar refractivity (Wildman–Crippen MR) is 93.4 cm³/mol. The summed E-state index contributed by atoms with van der Waals surface area (Å²) in [6, 6.07) is 2.08. The first-order valence-electron chi connectivity index (χ1n) is 7.61. The van der Waals surface area contributed by atoms with Gasteiger partial charge in [-0.25, -0.2) is 4.98 Å². The number of halogens is 1. The van der Waals surface area contributed by atoms with Crippen molar-refractivity contribution >= 4 is 21.6 Å². The second-order valence-corrected chi connectivity index (χ2v) is 6.74. The van der Waals surface area contributed by atoms with E-state index in [9.17, 15) is 0 Å². The van der Waals surface area contributed by atoms with E-state index in [0.29, 0.717) is 5.88 Å². The number of piperazine rings is 1. The molecule has 0 N–H and O–H groups in total. The van der Waals surface area contributed by atoms with E-state index < -0.39 is 0 Å². The lowest BCUT2D eigenvalue weighted by Gasteiger charge is -2.43. The zero-order chi connectivity index (χ0) is 16.0. The Bertz CT molecular complexity index is 438. The molecule has 1 aliphatic heterocycles. The molecule has 1 aromatic heterocycles. The second kappa shape index (κ2) is 7.99. The van der Waals surface area contributed by atoms with Gasteiger partial charge in [0.2, 0.25) is 5.88 Å². The molecule has 2 heterocycles. The maximum atomic E-state index is 5.36. The van der Waals surface area contributed by atoms with E-state index in [0.717, 1.165) is 36.3 Å². The Hall–Kier alpha value is -0.810. The third-order valence-corrected chi connectivity index (χ3v) is 3.99. The Balaban J connectivity index is 0.00000106. The highest BCUT2D eigenvalue weighted by atomic mass is 79.9. The van der Waals surface area contributed by atoms with Crippen molar-refractivity contribution in [1.82, 2.24) is 9.88 Å². The van der Waals surface area contributed by atoms with Crippen LogP contribution in [0.5, 0.6) is 5.88 Å². The van der Waals surface area contributed by atoms with Crippen molar-refractivity contribution in [3.05, 3.63) is 16.7 Å². The average Bonchev–Trinajstić information content (AvgIpc) is 2.48. The van der Waals surface area contributed by atoms with Gasteiger partial charge in [0.05, 0.1) is 7.11 Å². The molecule has 0 aromatic carbocycles. The minimum atomic E-state index is 0.242. The number of ether oxygens (including phenoxy) is 1. The van der Waals surface area contributed by atoms with Crippen LogP contribution in [0.1, 0.15) is 34.6 Å². The van der Waals surface area contributed by atoms with Gasteiger partial charge in [-0.1, -0.05) is 13.8 Å². The van der Waals surface area contributed by atoms with Gasteiger partial charge in [0.25, 0.3) is 0 Å². The number of methoxy groups -OCH3 is 1. The molecular weight excluding hydrogens is 330 g/mol. The van der Waals surface area contributed by atoms with Gasteiger partial charge in [-0.05, 0) is 42.8 Å². The van der Waals surface area contributed by atoms with Gasteiger partial charge in [-0.2, -0.15) is 0 Å². The fourth-order valence-electron chi connectivity index (χ4n) is 2.42. The van der Waals surface area contributed by atoms with Crippen LogP contribution in [0.2, 0.25) is 0 Å². The number of hydrogen-bond acceptors (Lipinski definition) is 4. The van der Waals surface area contributed by atoms with Crippen molar-refractivity contribution < 1.29 is 4.74 Å². The smallest absolute Gasteiger partial charge is 0.237 e. The van der Waals surface area contributed by atoms with Crippen LogP contribution in [0, 0.1) is 0 Å². The molecule has 1 fully saturated rings. The Kier molecular flexibility index (Phi) is 6.94. The van der Waals surface area contributed by atoms with E-state index in [1.165, 1.54) is 0 Å². The first-order chi connectivity index (χ1) is 9.91. The summed E-state index contributed by atoms with van der Waals surface area (Å²) in [5.41, 5.74) is 1.32. The molecule has 0 bridgehead atoms. The van der Waals surface area contributed by atoms with Gasteiger partial charge in [0, 0.05) is 42.4 Å². The minimum absolute atomic E-state index is 0.242. The van der Waals surface area contributed by atoms with Crippen LogP contribution >= 0.6 is 15.9 Å². The van der Waals surface area contributed by atoms with E-state index in [1.54, 1.807) is 13.3 Å². The fourth-order valence-corrected chi connectivity index (χ4v) is 2.74. The average molecular weight is 358 g/mol. The lowest BCUT2D eigenvalue weighted by Crippen LogP contribution is -2.53. The van der Waals surface area contributed by atoms with E-state index in [1.807, 2.05) is 13.8 Å². The van der Waals surface area contributed by atoms with Gasteiger partial charge in [0.1, 0.15) is 5.69 Å². The largest absolute Gasteiger partial charge is 0.480 e. The summed E-state index contributed by atoms with van der Waals surface area (Å²) in [6.07, 6.45) is 1.77. The Morgan fingerprint density at radius 3 is 2.19 bits per heavy atom. The zero-order valence-electron chi connectivity index (χ0n) is 14.1. The SMILES string of the molecule is CC.COc1ncc(Br)cc1N1CCN(C(C)(C)C)CC1. The van der Waals surface area contributed by atoms with Crippen molar-refractivity contribution in [2.45, 2.75) is 40.2 Å². The molecule has 0 spiro atoms. The summed E-state index contributed by atoms with van der Waals surface area (Å²) in [6.45, 7) is 15.0. The number of aromatic nitrogens is 1. The first-order valence-corrected chi connectivity index (χ1v) is 8.40. The van der Waals surface area contributed by atoms with Crippen LogP contribution in [0.3, 0.4) is 0 Å². The van der Waals surface area contributed by atoms with Crippen LogP contribution in [-0.4, -0.2) is 48.7 Å². The number of rotatable bonds is 2. The van der Waals surface area contributed by atoms with Crippen LogP contribution in [0.25, 0.3) is 0 Å². The standard InChI is InChI=1S/C14H22BrN3O.C2H6/c1-14(2,3)18-7-5-17(6-8-18)12-9-11(15)10-16-13(12)19-4;1-2/h9-10H,5-8H2,1-4H3;1-2H3. The fraction of sp³-hybridized carbons (Fsp3) is 0.688. The molecule has 4 nitrogen and oxygen atoms in total. The summed E-state index contributed by atoms with van der Waals surface area (Å²) in [5.74, 6) is 0.701. The summed E-state index contributed by atoms with van der Waals surface area (Å²) >= 11 is 3.48. The summed E-state index contributed by atoms with van der Waals surface area (Å²) in [7, 11) is 1.67. The second-order valence-electron chi connectivity index (χ2n) is 5.83. The molecule has 0 radical (unpaired) electrons. The topological polar surface area (TPSA) is 28.6 Å². The lowest BCUT2D eigenvalue weighted by molar-refractivity contribution is 0.128. The number of hydrogen-bond donors (Lipinski definition) is 0. The van der Waals surface area contributed by atoms with Gasteiger partial charge >= 0.3 is 0 Å². The van der Waals surface area contributed by atoms with Gasteiger partial charge in [0.15, 0.2) is 0 Å². The maximum Gasteiger partial charge on any atom is 0.237 e. The van der Waals surface area contributed by atoms with Crippen LogP contribution in [0.15, 0.2) is 16.7 Å². The zero-order valence-corrected chi connectivity index (χ0v) is 15.7. The number of anilines is 1. The van der Waals surface area contributed by atoms with E-state index in [2.05, 4.69) is 57.6 Å². The van der Waals surface area contributed by atoms with Crippen molar-refractivity contribution in [3.63, 3.8) is 0 Å². The molecule has 0 atom stereocenters. The third kappa shape index (κ3) is 4.85. The predicted octanol–water partition coefficient (Wildman–Crippen LogP) is 3.80. The molecule has 5 heteroatoms. The van der Waals surface area contributed by atoms with Crippen molar-refractivity contribution in [2.24, 2.45) is 0 Å². The first kappa shape index (κ1) is 18.2. The molecule has 120 valence electrons. The molecule has 0 saturated carbocycles. The van der Waals surface area contributed by atoms with E-state index in [4.69, 9.17) is 4.74 Å². The lowest BCUT2D eigenvalue weighted by atomic mass is 10.0. The monoisotopic (exact) mass is 357 g/mol. The number of pyridine rings is 1. The molecule has 0 unspecified atom stereocenters. The highest BCUT2D eigenvalue weighted by molar-refractivity contribution is 9.10. The van der Waals surface area contributed by atoms with Crippen LogP contribution < -0.4 is 9.64 Å². The molecule has 2 rings (SSSR count). The molecule has 1 saturated heterocycles. The highest BCUT2D eigenvalue weighted by Gasteiger charge is 2.27. The molecule has 1 aromatic rings.